The monoisotopic (exact) mass is 872 g/mol. The van der Waals surface area contributed by atoms with Gasteiger partial charge in [-0.15, -0.1) is 0 Å². The minimum absolute atomic E-state index is 0.0203. The summed E-state index contributed by atoms with van der Waals surface area (Å²) in [7, 11) is 3.80. The quantitative estimate of drug-likeness (QED) is 0.0452. The Kier molecular flexibility index (Phi) is 14.6. The van der Waals surface area contributed by atoms with E-state index >= 15 is 0 Å². The van der Waals surface area contributed by atoms with Crippen molar-refractivity contribution in [2.24, 2.45) is 0 Å². The van der Waals surface area contributed by atoms with Crippen molar-refractivity contribution in [3.8, 4) is 23.3 Å². The number of rotatable bonds is 14. The van der Waals surface area contributed by atoms with E-state index in [1.807, 2.05) is 0 Å². The fourth-order valence-electron chi connectivity index (χ4n) is 6.44. The molecule has 4 aromatic rings. The summed E-state index contributed by atoms with van der Waals surface area (Å²) in [5, 5.41) is 19.8. The lowest BCUT2D eigenvalue weighted by Gasteiger charge is -2.17. The molecule has 2 aliphatic rings. The van der Waals surface area contributed by atoms with Crippen molar-refractivity contribution in [3.05, 3.63) is 147 Å². The van der Waals surface area contributed by atoms with Crippen LogP contribution in [-0.4, -0.2) is 99.9 Å². The molecule has 2 aliphatic heterocycles. The highest BCUT2D eigenvalue weighted by Gasteiger charge is 2.51. The topological polar surface area (TPSA) is 234 Å². The lowest BCUT2D eigenvalue weighted by Crippen LogP contribution is -2.36. The largest absolute Gasteiger partial charge is 0.493 e. The van der Waals surface area contributed by atoms with E-state index in [4.69, 9.17) is 39.7 Å². The average molecular weight is 873 g/mol. The zero-order valence-corrected chi connectivity index (χ0v) is 34.1. The van der Waals surface area contributed by atoms with Crippen LogP contribution in [0.5, 0.6) is 17.2 Å². The average Bonchev–Trinajstić information content (AvgIpc) is 3.92. The third-order valence-electron chi connectivity index (χ3n) is 9.69. The molecule has 0 aliphatic carbocycles. The fraction of sp³-hybridized carbons (Fsp3) is 0.217. The van der Waals surface area contributed by atoms with Crippen LogP contribution in [0, 0.1) is 17.9 Å². The van der Waals surface area contributed by atoms with E-state index in [0.29, 0.717) is 11.1 Å². The molecule has 18 nitrogen and oxygen atoms in total. The Bertz CT molecular complexity index is 2440. The molecular weight excluding hydrogens is 837 g/mol. The molecule has 6 rings (SSSR count). The lowest BCUT2D eigenvalue weighted by atomic mass is 10.1. The number of esters is 6. The van der Waals surface area contributed by atoms with Crippen LogP contribution in [0.4, 0.5) is 0 Å². The number of carbonyl (C=O) groups is 6. The second kappa shape index (κ2) is 20.6. The van der Waals surface area contributed by atoms with E-state index < -0.39 is 78.1 Å². The standard InChI is InChI=1S/C46H36N2O16/c1-48-33(19-25-5-15-34(32(18-25)22-49)61-43(52)29-11-7-27(8-12-29)41(50)57-3)46(55)64-38-24-60-39-37(23-59-40(38)39)63-45(54)31(21-47)17-26-6-16-35(36(20-26)56-2)62-44(53)30-13-9-28(10-14-30)42(51)58-4/h5-20,37-40,49H,22-24H2,2-4H3/b31-17+,33-19-/t37-,38+,39+,40+/m0/s1. The van der Waals surface area contributed by atoms with Gasteiger partial charge in [0.05, 0.1) is 70.0 Å². The van der Waals surface area contributed by atoms with E-state index in [1.165, 1.54) is 118 Å². The van der Waals surface area contributed by atoms with Crippen molar-refractivity contribution < 1.29 is 76.5 Å². The normalized spacial score (nSPS) is 17.7. The van der Waals surface area contributed by atoms with Crippen molar-refractivity contribution in [3.63, 3.8) is 0 Å². The van der Waals surface area contributed by atoms with Gasteiger partial charge in [-0.1, -0.05) is 12.1 Å². The number of aliphatic hydroxyl groups is 1. The molecule has 4 atom stereocenters. The van der Waals surface area contributed by atoms with E-state index in [9.17, 15) is 39.1 Å². The number of carbonyl (C=O) groups excluding carboxylic acids is 6. The maximum Gasteiger partial charge on any atom is 0.349 e. The molecule has 0 amide bonds. The lowest BCUT2D eigenvalue weighted by molar-refractivity contribution is -0.150. The van der Waals surface area contributed by atoms with Crippen molar-refractivity contribution in [1.29, 1.82) is 5.26 Å². The Morgan fingerprint density at radius 2 is 1.14 bits per heavy atom. The van der Waals surface area contributed by atoms with Gasteiger partial charge in [0.2, 0.25) is 0 Å². The molecular formula is C46H36N2O16. The SMILES string of the molecule is [C-]#[N+]/C(=C\c1ccc(OC(=O)c2ccc(C(=O)OC)cc2)c(CO)c1)C(=O)O[C@@H]1CO[C@H]2[C@@H]1OC[C@@H]2OC(=O)/C(C#N)=C/c1ccc(OC(=O)c2ccc(C(=O)OC)cc2)c(OC)c1. The maximum absolute atomic E-state index is 13.2. The third kappa shape index (κ3) is 10.5. The number of aliphatic hydroxyl groups excluding tert-OH is 1. The summed E-state index contributed by atoms with van der Waals surface area (Å²) < 4.78 is 48.3. The number of ether oxygens (including phenoxy) is 9. The molecule has 18 heteroatoms. The highest BCUT2D eigenvalue weighted by Crippen LogP contribution is 2.33. The van der Waals surface area contributed by atoms with Gasteiger partial charge in [0.1, 0.15) is 29.6 Å². The molecule has 1 N–H and O–H groups in total. The van der Waals surface area contributed by atoms with Gasteiger partial charge < -0.3 is 47.7 Å². The molecule has 0 saturated carbocycles. The van der Waals surface area contributed by atoms with Crippen molar-refractivity contribution >= 4 is 48.0 Å². The van der Waals surface area contributed by atoms with Gasteiger partial charge in [-0.05, 0) is 96.1 Å². The Hall–Kier alpha value is -8.16. The summed E-state index contributed by atoms with van der Waals surface area (Å²) in [4.78, 5) is 78.6. The Balaban J connectivity index is 1.04. The van der Waals surface area contributed by atoms with Gasteiger partial charge in [0.15, 0.2) is 23.7 Å². The smallest absolute Gasteiger partial charge is 0.349 e. The van der Waals surface area contributed by atoms with Crippen molar-refractivity contribution in [1.82, 2.24) is 0 Å². The number of nitrogens with zero attached hydrogens (tertiary/aromatic N) is 2. The van der Waals surface area contributed by atoms with Gasteiger partial charge in [-0.2, -0.15) is 5.26 Å². The van der Waals surface area contributed by atoms with Gasteiger partial charge in [0.25, 0.3) is 5.70 Å². The van der Waals surface area contributed by atoms with Crippen molar-refractivity contribution in [2.75, 3.05) is 34.5 Å². The van der Waals surface area contributed by atoms with Gasteiger partial charge in [-0.25, -0.2) is 28.8 Å². The third-order valence-corrected chi connectivity index (χ3v) is 9.69. The molecule has 0 radical (unpaired) electrons. The Morgan fingerprint density at radius 3 is 1.61 bits per heavy atom. The molecule has 4 aromatic carbocycles. The van der Waals surface area contributed by atoms with Gasteiger partial charge >= 0.3 is 35.8 Å². The highest BCUT2D eigenvalue weighted by atomic mass is 16.7. The summed E-state index contributed by atoms with van der Waals surface area (Å²) in [5.74, 6) is -4.49. The molecule has 0 bridgehead atoms. The first-order valence-corrected chi connectivity index (χ1v) is 19.0. The molecule has 2 fully saturated rings. The van der Waals surface area contributed by atoms with Crippen LogP contribution in [0.3, 0.4) is 0 Å². The number of methoxy groups -OCH3 is 3. The summed E-state index contributed by atoms with van der Waals surface area (Å²) in [6, 6.07) is 21.6. The number of hydrogen-bond donors (Lipinski definition) is 1. The molecule has 64 heavy (non-hydrogen) atoms. The number of fused-ring (bicyclic) bond motifs is 1. The maximum atomic E-state index is 13.2. The van der Waals surface area contributed by atoms with Gasteiger partial charge in [0, 0.05) is 5.56 Å². The first-order valence-electron chi connectivity index (χ1n) is 19.0. The summed E-state index contributed by atoms with van der Waals surface area (Å²) in [6.07, 6.45) is -1.27. The Morgan fingerprint density at radius 1 is 0.672 bits per heavy atom. The minimum atomic E-state index is -1.01. The molecule has 0 spiro atoms. The van der Waals surface area contributed by atoms with E-state index in [2.05, 4.69) is 14.3 Å². The first-order chi connectivity index (χ1) is 30.9. The summed E-state index contributed by atoms with van der Waals surface area (Å²) >= 11 is 0. The summed E-state index contributed by atoms with van der Waals surface area (Å²) in [6.45, 7) is 6.76. The summed E-state index contributed by atoms with van der Waals surface area (Å²) in [5.41, 5.74) is 0.743. The highest BCUT2D eigenvalue weighted by molar-refractivity contribution is 5.99. The minimum Gasteiger partial charge on any atom is -0.493 e. The van der Waals surface area contributed by atoms with Crippen LogP contribution in [0.2, 0.25) is 0 Å². The van der Waals surface area contributed by atoms with Crippen LogP contribution in [0.1, 0.15) is 58.1 Å². The van der Waals surface area contributed by atoms with Crippen LogP contribution in [-0.2, 0) is 44.6 Å². The number of nitriles is 1. The van der Waals surface area contributed by atoms with E-state index in [0.717, 1.165) is 0 Å². The zero-order valence-electron chi connectivity index (χ0n) is 34.1. The predicted octanol–water partition coefficient (Wildman–Crippen LogP) is 4.69. The predicted molar refractivity (Wildman–Crippen MR) is 218 cm³/mol. The van der Waals surface area contributed by atoms with E-state index in [1.54, 1.807) is 6.07 Å². The van der Waals surface area contributed by atoms with Crippen LogP contribution in [0.25, 0.3) is 17.0 Å². The molecule has 0 unspecified atom stereocenters. The van der Waals surface area contributed by atoms with Crippen LogP contribution in [0.15, 0.2) is 96.2 Å². The zero-order chi connectivity index (χ0) is 45.9. The number of hydrogen-bond acceptors (Lipinski definition) is 17. The molecule has 2 saturated heterocycles. The second-order valence-corrected chi connectivity index (χ2v) is 13.6. The molecule has 2 heterocycles. The fourth-order valence-corrected chi connectivity index (χ4v) is 6.44. The van der Waals surface area contributed by atoms with Crippen LogP contribution < -0.4 is 14.2 Å². The molecule has 0 aromatic heterocycles. The van der Waals surface area contributed by atoms with Crippen molar-refractivity contribution in [2.45, 2.75) is 31.0 Å². The van der Waals surface area contributed by atoms with Gasteiger partial charge in [-0.3, -0.25) is 4.79 Å². The Labute approximate surface area is 364 Å². The number of benzene rings is 4. The van der Waals surface area contributed by atoms with Crippen LogP contribution >= 0.6 is 0 Å². The second-order valence-electron chi connectivity index (χ2n) is 13.6. The van der Waals surface area contributed by atoms with E-state index in [-0.39, 0.29) is 58.3 Å². The molecule has 326 valence electrons. The first kappa shape index (κ1) is 45.4.